The Bertz CT molecular complexity index is 1390. The Morgan fingerprint density at radius 1 is 0.861 bits per heavy atom. The molecule has 0 fully saturated rings. The van der Waals surface area contributed by atoms with Crippen molar-refractivity contribution in [1.82, 2.24) is 19.6 Å². The maximum absolute atomic E-state index is 6.45. The smallest absolute Gasteiger partial charge is 0.382 e. The third-order valence-corrected chi connectivity index (χ3v) is 5.63. The number of nitrogens with zero attached hydrogens (tertiary/aromatic N) is 11. The molecule has 0 aliphatic heterocycles. The number of aryl methyl sites for hydroxylation is 4. The molecule has 2 aromatic heterocycles. The summed E-state index contributed by atoms with van der Waals surface area (Å²) in [5.41, 5.74) is 3.33. The van der Waals surface area contributed by atoms with Gasteiger partial charge in [0.25, 0.3) is 0 Å². The van der Waals surface area contributed by atoms with E-state index >= 15 is 0 Å². The summed E-state index contributed by atoms with van der Waals surface area (Å²) in [7, 11) is 9.46. The molecule has 36 heavy (non-hydrogen) atoms. The first-order chi connectivity index (χ1) is 17.3. The van der Waals surface area contributed by atoms with Crippen molar-refractivity contribution < 1.29 is 9.13 Å². The number of nitrogens with one attached hydrogen (secondary N) is 1. The van der Waals surface area contributed by atoms with Crippen LogP contribution >= 0.6 is 11.6 Å². The van der Waals surface area contributed by atoms with Gasteiger partial charge in [-0.25, -0.2) is 9.13 Å². The molecule has 13 heteroatoms. The largest absolute Gasteiger partial charge is 0.435 e. The second kappa shape index (κ2) is 11.0. The molecule has 0 radical (unpaired) electrons. The van der Waals surface area contributed by atoms with E-state index in [1.54, 1.807) is 20.0 Å². The van der Waals surface area contributed by atoms with E-state index in [0.29, 0.717) is 29.2 Å². The molecule has 0 atom stereocenters. The fourth-order valence-corrected chi connectivity index (χ4v) is 3.68. The van der Waals surface area contributed by atoms with Crippen LogP contribution < -0.4 is 19.4 Å². The average molecular weight is 509 g/mol. The van der Waals surface area contributed by atoms with Crippen LogP contribution in [0.1, 0.15) is 0 Å². The van der Waals surface area contributed by atoms with Gasteiger partial charge in [-0.1, -0.05) is 21.8 Å². The third-order valence-electron chi connectivity index (χ3n) is 5.32. The van der Waals surface area contributed by atoms with Crippen molar-refractivity contribution in [2.24, 2.45) is 48.6 Å². The fraction of sp³-hybridized carbons (Fsp3) is 0.304. The van der Waals surface area contributed by atoms with Crippen LogP contribution in [0.3, 0.4) is 0 Å². The van der Waals surface area contributed by atoms with Crippen LogP contribution in [0.25, 0.3) is 0 Å². The van der Waals surface area contributed by atoms with E-state index in [4.69, 9.17) is 11.6 Å². The molecule has 0 spiro atoms. The number of hydrogen-bond acceptors (Lipinski definition) is 8. The zero-order valence-corrected chi connectivity index (χ0v) is 21.7. The van der Waals surface area contributed by atoms with Gasteiger partial charge in [-0.2, -0.15) is 0 Å². The van der Waals surface area contributed by atoms with Crippen molar-refractivity contribution in [2.45, 2.75) is 0 Å². The molecule has 4 rings (SSSR count). The molecule has 1 N–H and O–H groups in total. The number of rotatable bonds is 9. The quantitative estimate of drug-likeness (QED) is 0.274. The lowest BCUT2D eigenvalue weighted by Crippen LogP contribution is -2.25. The molecule has 4 aromatic rings. The van der Waals surface area contributed by atoms with Crippen LogP contribution in [0.15, 0.2) is 75.6 Å². The highest BCUT2D eigenvalue weighted by molar-refractivity contribution is 6.33. The zero-order valence-electron chi connectivity index (χ0n) is 20.9. The van der Waals surface area contributed by atoms with E-state index in [1.165, 1.54) is 0 Å². The number of hydrogen-bond donors (Lipinski definition) is 1. The van der Waals surface area contributed by atoms with Gasteiger partial charge in [0, 0.05) is 46.3 Å². The van der Waals surface area contributed by atoms with E-state index in [9.17, 15) is 0 Å². The van der Waals surface area contributed by atoms with Gasteiger partial charge in [-0.15, -0.1) is 9.36 Å². The second-order valence-electron chi connectivity index (χ2n) is 8.33. The maximum atomic E-state index is 6.45. The molecule has 2 aromatic carbocycles. The molecule has 0 amide bonds. The molecule has 0 saturated carbocycles. The first kappa shape index (κ1) is 24.9. The predicted molar refractivity (Wildman–Crippen MR) is 137 cm³/mol. The van der Waals surface area contributed by atoms with Gasteiger partial charge in [0.05, 0.1) is 50.3 Å². The van der Waals surface area contributed by atoms with Gasteiger partial charge in [-0.3, -0.25) is 0 Å². The van der Waals surface area contributed by atoms with Crippen molar-refractivity contribution in [3.63, 3.8) is 0 Å². The third kappa shape index (κ3) is 6.27. The van der Waals surface area contributed by atoms with Crippen molar-refractivity contribution >= 4 is 46.2 Å². The minimum atomic E-state index is 0.511. The van der Waals surface area contributed by atoms with Crippen LogP contribution in [0.5, 0.6) is 0 Å². The van der Waals surface area contributed by atoms with Gasteiger partial charge >= 0.3 is 11.9 Å². The molecule has 0 aliphatic rings. The number of anilines is 2. The van der Waals surface area contributed by atoms with E-state index in [-0.39, 0.29) is 0 Å². The minimum absolute atomic E-state index is 0.511. The number of aromatic nitrogens is 6. The molecular weight excluding hydrogens is 480 g/mol. The van der Waals surface area contributed by atoms with Gasteiger partial charge in [0.15, 0.2) is 12.7 Å². The Balaban J connectivity index is 1.29. The Labute approximate surface area is 214 Å². The standard InChI is InChI=1S/C23H29ClN12/c1-32(19-9-6-17(7-10-19)26-28-22-30-35(4)15-33(22)2)13-12-25-21-11-8-18(14-20(21)24)27-29-23-31-36(5)16-34(23)3/h6-11,14-16,25H,12-13H2,1-5H3/q+2. The van der Waals surface area contributed by atoms with Crippen molar-refractivity contribution in [3.05, 3.63) is 60.1 Å². The number of azo groups is 2. The van der Waals surface area contributed by atoms with Crippen LogP contribution in [0.4, 0.5) is 34.6 Å². The van der Waals surface area contributed by atoms with E-state index in [2.05, 4.69) is 40.9 Å². The number of benzene rings is 2. The van der Waals surface area contributed by atoms with E-state index in [1.807, 2.05) is 88.9 Å². The molecule has 0 aliphatic carbocycles. The summed E-state index contributed by atoms with van der Waals surface area (Å²) in [5.74, 6) is 1.05. The van der Waals surface area contributed by atoms with E-state index < -0.39 is 0 Å². The first-order valence-corrected chi connectivity index (χ1v) is 11.6. The zero-order chi connectivity index (χ0) is 25.7. The SMILES string of the molecule is CN(CCNc1ccc(N=Nc2nn(C)c[n+]2C)cc1Cl)c1ccc(N=Nc2nn(C)c[n+]2C)cc1. The molecule has 0 saturated heterocycles. The summed E-state index contributed by atoms with van der Waals surface area (Å²) in [6, 6.07) is 13.4. The Morgan fingerprint density at radius 3 is 1.94 bits per heavy atom. The summed E-state index contributed by atoms with van der Waals surface area (Å²) in [6.07, 6.45) is 3.64. The Kier molecular flexibility index (Phi) is 7.64. The van der Waals surface area contributed by atoms with E-state index in [0.717, 1.165) is 23.6 Å². The highest BCUT2D eigenvalue weighted by Crippen LogP contribution is 2.28. The molecule has 186 valence electrons. The summed E-state index contributed by atoms with van der Waals surface area (Å²) in [5, 5.41) is 29.3. The van der Waals surface area contributed by atoms with Crippen molar-refractivity contribution in [1.29, 1.82) is 0 Å². The average Bonchev–Trinajstić information content (AvgIpc) is 3.35. The first-order valence-electron chi connectivity index (χ1n) is 11.2. The normalized spacial score (nSPS) is 11.6. The molecule has 2 heterocycles. The maximum Gasteiger partial charge on any atom is 0.435 e. The lowest BCUT2D eigenvalue weighted by Gasteiger charge is -2.20. The van der Waals surface area contributed by atoms with Gasteiger partial charge in [0.2, 0.25) is 0 Å². The lowest BCUT2D eigenvalue weighted by molar-refractivity contribution is -0.659. The van der Waals surface area contributed by atoms with Crippen LogP contribution in [-0.2, 0) is 28.2 Å². The highest BCUT2D eigenvalue weighted by atomic mass is 35.5. The predicted octanol–water partition coefficient (Wildman–Crippen LogP) is 3.84. The van der Waals surface area contributed by atoms with Crippen molar-refractivity contribution in [3.8, 4) is 0 Å². The van der Waals surface area contributed by atoms with Crippen LogP contribution in [-0.4, -0.2) is 39.7 Å². The summed E-state index contributed by atoms with van der Waals surface area (Å²) < 4.78 is 6.97. The summed E-state index contributed by atoms with van der Waals surface area (Å²) in [4.78, 5) is 2.15. The lowest BCUT2D eigenvalue weighted by atomic mass is 10.2. The molecule has 0 unspecified atom stereocenters. The molecule has 12 nitrogen and oxygen atoms in total. The summed E-state index contributed by atoms with van der Waals surface area (Å²) in [6.45, 7) is 1.48. The monoisotopic (exact) mass is 508 g/mol. The fourth-order valence-electron chi connectivity index (χ4n) is 3.44. The second-order valence-corrected chi connectivity index (χ2v) is 8.74. The topological polar surface area (TPSA) is 108 Å². The summed E-state index contributed by atoms with van der Waals surface area (Å²) >= 11 is 6.45. The highest BCUT2D eigenvalue weighted by Gasteiger charge is 2.12. The Morgan fingerprint density at radius 2 is 1.42 bits per heavy atom. The van der Waals surface area contributed by atoms with Crippen molar-refractivity contribution in [2.75, 3.05) is 30.4 Å². The number of halogens is 1. The minimum Gasteiger partial charge on any atom is -0.382 e. The van der Waals surface area contributed by atoms with Gasteiger partial charge < -0.3 is 10.2 Å². The van der Waals surface area contributed by atoms with Crippen LogP contribution in [0.2, 0.25) is 5.02 Å². The molecular formula is C23H29ClN12+2. The van der Waals surface area contributed by atoms with Gasteiger partial charge in [-0.05, 0) is 42.5 Å². The van der Waals surface area contributed by atoms with Crippen LogP contribution in [0, 0.1) is 0 Å². The van der Waals surface area contributed by atoms with Gasteiger partial charge in [0.1, 0.15) is 0 Å². The Hall–Kier alpha value is -4.19. The molecule has 0 bridgehead atoms. The number of likely N-dealkylation sites (N-methyl/N-ethyl adjacent to an activating group) is 1.